The Morgan fingerprint density at radius 3 is 2.26 bits per heavy atom. The van der Waals surface area contributed by atoms with Crippen LogP contribution in [0.25, 0.3) is 22.2 Å². The molecule has 0 aliphatic rings. The van der Waals surface area contributed by atoms with Crippen molar-refractivity contribution in [2.75, 3.05) is 20.0 Å². The van der Waals surface area contributed by atoms with Gasteiger partial charge < -0.3 is 15.2 Å². The van der Waals surface area contributed by atoms with Crippen molar-refractivity contribution in [3.05, 3.63) is 78.4 Å². The molecule has 0 aliphatic carbocycles. The van der Waals surface area contributed by atoms with Crippen molar-refractivity contribution in [2.45, 2.75) is 9.79 Å². The largest absolute Gasteiger partial charge is 0.497 e. The van der Waals surface area contributed by atoms with Crippen molar-refractivity contribution >= 4 is 44.1 Å². The minimum atomic E-state index is -4.06. The standard InChI is InChI=1S/C25H21N5O4S/c1-33-17-10-12-19(13-11-17)35(31,32)23-22-25(29-21-9-4-3-8-20(21)28-22)30(24(23)26)27-15-16-6-5-7-18(14-16)34-2/h3-15H,26H2,1-2H3. The van der Waals surface area contributed by atoms with Crippen LogP contribution in [0.3, 0.4) is 0 Å². The number of benzene rings is 3. The number of nitrogens with two attached hydrogens (primary N) is 1. The molecule has 176 valence electrons. The van der Waals surface area contributed by atoms with Crippen molar-refractivity contribution in [1.29, 1.82) is 0 Å². The van der Waals surface area contributed by atoms with Crippen LogP contribution in [0.15, 0.2) is 87.7 Å². The number of methoxy groups -OCH3 is 2. The van der Waals surface area contributed by atoms with Gasteiger partial charge in [-0.2, -0.15) is 9.78 Å². The summed E-state index contributed by atoms with van der Waals surface area (Å²) < 4.78 is 39.1. The van der Waals surface area contributed by atoms with E-state index in [2.05, 4.69) is 15.1 Å². The molecule has 0 amide bonds. The Hall–Kier alpha value is -4.44. The number of rotatable bonds is 6. The number of hydrogen-bond donors (Lipinski definition) is 1. The molecule has 0 spiro atoms. The molecule has 5 aromatic rings. The predicted molar refractivity (Wildman–Crippen MR) is 134 cm³/mol. The zero-order chi connectivity index (χ0) is 24.6. The van der Waals surface area contributed by atoms with E-state index in [9.17, 15) is 8.42 Å². The molecule has 2 aromatic heterocycles. The first-order chi connectivity index (χ1) is 16.9. The van der Waals surface area contributed by atoms with E-state index in [4.69, 9.17) is 15.2 Å². The lowest BCUT2D eigenvalue weighted by molar-refractivity contribution is 0.414. The van der Waals surface area contributed by atoms with E-state index < -0.39 is 9.84 Å². The Kier molecular flexibility index (Phi) is 5.58. The number of fused-ring (bicyclic) bond motifs is 2. The number of nitrogen functional groups attached to an aromatic ring is 1. The molecule has 0 fully saturated rings. The van der Waals surface area contributed by atoms with E-state index >= 15 is 0 Å². The van der Waals surface area contributed by atoms with Crippen molar-refractivity contribution in [3.63, 3.8) is 0 Å². The fraction of sp³-hybridized carbons (Fsp3) is 0.0800. The fourth-order valence-electron chi connectivity index (χ4n) is 3.72. The number of nitrogens with zero attached hydrogens (tertiary/aromatic N) is 4. The van der Waals surface area contributed by atoms with E-state index in [-0.39, 0.29) is 26.8 Å². The van der Waals surface area contributed by atoms with Gasteiger partial charge in [0.15, 0.2) is 5.65 Å². The Morgan fingerprint density at radius 2 is 1.57 bits per heavy atom. The molecule has 9 nitrogen and oxygen atoms in total. The molecule has 35 heavy (non-hydrogen) atoms. The molecule has 0 saturated carbocycles. The lowest BCUT2D eigenvalue weighted by Gasteiger charge is -2.06. The molecule has 0 aliphatic heterocycles. The molecule has 3 aromatic carbocycles. The fourth-order valence-corrected chi connectivity index (χ4v) is 5.21. The van der Waals surface area contributed by atoms with Gasteiger partial charge in [0.25, 0.3) is 0 Å². The minimum Gasteiger partial charge on any atom is -0.497 e. The van der Waals surface area contributed by atoms with Crippen LogP contribution in [0.5, 0.6) is 11.5 Å². The molecule has 0 atom stereocenters. The summed E-state index contributed by atoms with van der Waals surface area (Å²) in [5.41, 5.74) is 8.65. The average Bonchev–Trinajstić information content (AvgIpc) is 3.16. The topological polar surface area (TPSA) is 122 Å². The summed E-state index contributed by atoms with van der Waals surface area (Å²) in [7, 11) is -0.976. The Bertz CT molecular complexity index is 1690. The summed E-state index contributed by atoms with van der Waals surface area (Å²) in [6.07, 6.45) is 1.55. The molecule has 2 heterocycles. The molecular weight excluding hydrogens is 466 g/mol. The molecule has 0 bridgehead atoms. The second kappa shape index (κ2) is 8.73. The molecule has 0 radical (unpaired) electrons. The highest BCUT2D eigenvalue weighted by Gasteiger charge is 2.30. The smallest absolute Gasteiger partial charge is 0.212 e. The van der Waals surface area contributed by atoms with Crippen LogP contribution in [-0.2, 0) is 9.84 Å². The van der Waals surface area contributed by atoms with Gasteiger partial charge in [0.05, 0.1) is 36.4 Å². The maximum atomic E-state index is 13.7. The number of para-hydroxylation sites is 2. The first-order valence-corrected chi connectivity index (χ1v) is 12.0. The number of anilines is 1. The lowest BCUT2D eigenvalue weighted by atomic mass is 10.2. The van der Waals surface area contributed by atoms with E-state index in [1.807, 2.05) is 30.3 Å². The van der Waals surface area contributed by atoms with Crippen LogP contribution in [-0.4, -0.2) is 43.5 Å². The number of sulfone groups is 1. The van der Waals surface area contributed by atoms with E-state index in [1.54, 1.807) is 43.7 Å². The second-order valence-electron chi connectivity index (χ2n) is 7.61. The van der Waals surface area contributed by atoms with Gasteiger partial charge >= 0.3 is 0 Å². The van der Waals surface area contributed by atoms with Crippen LogP contribution >= 0.6 is 0 Å². The Balaban J connectivity index is 1.75. The molecule has 5 rings (SSSR count). The number of ether oxygens (including phenoxy) is 2. The minimum absolute atomic E-state index is 0.0517. The van der Waals surface area contributed by atoms with Gasteiger partial charge in [-0.15, -0.1) is 0 Å². The summed E-state index contributed by atoms with van der Waals surface area (Å²) in [4.78, 5) is 9.14. The Morgan fingerprint density at radius 1 is 0.886 bits per heavy atom. The molecule has 0 unspecified atom stereocenters. The number of hydrogen-bond acceptors (Lipinski definition) is 8. The predicted octanol–water partition coefficient (Wildman–Crippen LogP) is 3.90. The maximum absolute atomic E-state index is 13.7. The lowest BCUT2D eigenvalue weighted by Crippen LogP contribution is -2.06. The third kappa shape index (κ3) is 3.93. The quantitative estimate of drug-likeness (QED) is 0.361. The van der Waals surface area contributed by atoms with Crippen molar-refractivity contribution in [3.8, 4) is 11.5 Å². The zero-order valence-electron chi connectivity index (χ0n) is 18.9. The normalized spacial score (nSPS) is 11.9. The maximum Gasteiger partial charge on any atom is 0.212 e. The SMILES string of the molecule is COc1ccc(S(=O)(=O)c2c(N)n(N=Cc3cccc(OC)c3)c3nc4ccccc4nc23)cc1. The highest BCUT2D eigenvalue weighted by Crippen LogP contribution is 2.35. The zero-order valence-corrected chi connectivity index (χ0v) is 19.7. The van der Waals surface area contributed by atoms with Gasteiger partial charge in [-0.05, 0) is 54.1 Å². The molecular formula is C25H21N5O4S. The van der Waals surface area contributed by atoms with Crippen LogP contribution < -0.4 is 15.2 Å². The summed E-state index contributed by atoms with van der Waals surface area (Å²) in [6, 6.07) is 20.5. The van der Waals surface area contributed by atoms with Gasteiger partial charge in [-0.25, -0.2) is 18.4 Å². The van der Waals surface area contributed by atoms with E-state index in [0.717, 1.165) is 5.56 Å². The van der Waals surface area contributed by atoms with Crippen molar-refractivity contribution < 1.29 is 17.9 Å². The van der Waals surface area contributed by atoms with Crippen LogP contribution in [0.1, 0.15) is 5.56 Å². The molecule has 0 saturated heterocycles. The van der Waals surface area contributed by atoms with Gasteiger partial charge in [-0.1, -0.05) is 24.3 Å². The molecule has 2 N–H and O–H groups in total. The van der Waals surface area contributed by atoms with Gasteiger partial charge in [-0.3, -0.25) is 0 Å². The average molecular weight is 488 g/mol. The summed E-state index contributed by atoms with van der Waals surface area (Å²) in [6.45, 7) is 0. The first kappa shape index (κ1) is 22.4. The van der Waals surface area contributed by atoms with Crippen LogP contribution in [0.4, 0.5) is 5.82 Å². The Labute approximate surface area is 201 Å². The summed E-state index contributed by atoms with van der Waals surface area (Å²) >= 11 is 0. The summed E-state index contributed by atoms with van der Waals surface area (Å²) in [5, 5.41) is 4.47. The van der Waals surface area contributed by atoms with E-state index in [1.165, 1.54) is 23.9 Å². The van der Waals surface area contributed by atoms with Crippen LogP contribution in [0.2, 0.25) is 0 Å². The van der Waals surface area contributed by atoms with Gasteiger partial charge in [0.2, 0.25) is 9.84 Å². The number of aromatic nitrogens is 3. The first-order valence-electron chi connectivity index (χ1n) is 10.6. The third-order valence-electron chi connectivity index (χ3n) is 5.48. The van der Waals surface area contributed by atoms with Crippen LogP contribution in [0, 0.1) is 0 Å². The van der Waals surface area contributed by atoms with Crippen molar-refractivity contribution in [2.24, 2.45) is 5.10 Å². The highest BCUT2D eigenvalue weighted by atomic mass is 32.2. The van der Waals surface area contributed by atoms with E-state index in [0.29, 0.717) is 22.5 Å². The van der Waals surface area contributed by atoms with Crippen molar-refractivity contribution in [1.82, 2.24) is 14.6 Å². The van der Waals surface area contributed by atoms with Gasteiger partial charge in [0.1, 0.15) is 27.7 Å². The highest BCUT2D eigenvalue weighted by molar-refractivity contribution is 7.92. The second-order valence-corrected chi connectivity index (χ2v) is 9.50. The molecule has 10 heteroatoms. The monoisotopic (exact) mass is 487 g/mol. The van der Waals surface area contributed by atoms with Gasteiger partial charge in [0, 0.05) is 0 Å². The third-order valence-corrected chi connectivity index (χ3v) is 7.32. The summed E-state index contributed by atoms with van der Waals surface area (Å²) in [5.74, 6) is 1.10.